The molecule has 5 heteroatoms. The molecule has 2 heterocycles. The predicted octanol–water partition coefficient (Wildman–Crippen LogP) is 1.01. The van der Waals surface area contributed by atoms with Gasteiger partial charge in [0, 0.05) is 38.9 Å². The predicted molar refractivity (Wildman–Crippen MR) is 66.3 cm³/mol. The van der Waals surface area contributed by atoms with Crippen LogP contribution in [0.2, 0.25) is 0 Å². The molecule has 0 aliphatic rings. The standard InChI is InChI=1S/C12H19N5/c1-4-11-5-12(17(3)15-11)8-13-6-10-7-14-16(2)9-10/h5,7,9,13H,4,6,8H2,1-3H3. The average Bonchev–Trinajstić information content (AvgIpc) is 2.86. The molecule has 1 N–H and O–H groups in total. The van der Waals surface area contributed by atoms with Gasteiger partial charge in [-0.2, -0.15) is 10.2 Å². The largest absolute Gasteiger partial charge is 0.307 e. The highest BCUT2D eigenvalue weighted by atomic mass is 15.3. The summed E-state index contributed by atoms with van der Waals surface area (Å²) in [6.07, 6.45) is 4.89. The van der Waals surface area contributed by atoms with Crippen molar-refractivity contribution in [1.29, 1.82) is 0 Å². The van der Waals surface area contributed by atoms with E-state index in [0.29, 0.717) is 0 Å². The van der Waals surface area contributed by atoms with Gasteiger partial charge in [0.05, 0.1) is 17.6 Å². The van der Waals surface area contributed by atoms with Gasteiger partial charge < -0.3 is 5.32 Å². The van der Waals surface area contributed by atoms with E-state index in [1.54, 1.807) is 0 Å². The summed E-state index contributed by atoms with van der Waals surface area (Å²) in [7, 11) is 3.92. The second-order valence-corrected chi connectivity index (χ2v) is 4.23. The number of hydrogen-bond donors (Lipinski definition) is 1. The van der Waals surface area contributed by atoms with Crippen LogP contribution in [0.1, 0.15) is 23.9 Å². The lowest BCUT2D eigenvalue weighted by Gasteiger charge is -2.03. The molecule has 0 unspecified atom stereocenters. The first-order valence-corrected chi connectivity index (χ1v) is 5.89. The van der Waals surface area contributed by atoms with Crippen molar-refractivity contribution >= 4 is 0 Å². The maximum Gasteiger partial charge on any atom is 0.0625 e. The second kappa shape index (κ2) is 5.14. The fourth-order valence-electron chi connectivity index (χ4n) is 1.81. The maximum atomic E-state index is 4.42. The number of hydrogen-bond acceptors (Lipinski definition) is 3. The first-order chi connectivity index (χ1) is 8.19. The highest BCUT2D eigenvalue weighted by Crippen LogP contribution is 2.04. The molecule has 0 amide bonds. The molecule has 92 valence electrons. The molecule has 2 aromatic rings. The zero-order valence-corrected chi connectivity index (χ0v) is 10.6. The molecule has 0 bridgehead atoms. The first kappa shape index (κ1) is 11.9. The smallest absolute Gasteiger partial charge is 0.0625 e. The van der Waals surface area contributed by atoms with Crippen LogP contribution in [0, 0.1) is 0 Å². The number of nitrogens with one attached hydrogen (secondary N) is 1. The van der Waals surface area contributed by atoms with E-state index in [9.17, 15) is 0 Å². The molecule has 0 aliphatic heterocycles. The minimum atomic E-state index is 0.832. The molecule has 0 fully saturated rings. The molecular weight excluding hydrogens is 214 g/mol. The molecule has 0 aliphatic carbocycles. The molecule has 0 atom stereocenters. The minimum Gasteiger partial charge on any atom is -0.307 e. The third-order valence-electron chi connectivity index (χ3n) is 2.78. The monoisotopic (exact) mass is 233 g/mol. The molecule has 0 saturated carbocycles. The van der Waals surface area contributed by atoms with Crippen molar-refractivity contribution in [2.75, 3.05) is 0 Å². The van der Waals surface area contributed by atoms with Gasteiger partial charge in [-0.1, -0.05) is 6.92 Å². The van der Waals surface area contributed by atoms with E-state index in [1.165, 1.54) is 11.3 Å². The fourth-order valence-corrected chi connectivity index (χ4v) is 1.81. The lowest BCUT2D eigenvalue weighted by Crippen LogP contribution is -2.14. The second-order valence-electron chi connectivity index (χ2n) is 4.23. The van der Waals surface area contributed by atoms with Crippen molar-refractivity contribution in [2.45, 2.75) is 26.4 Å². The van der Waals surface area contributed by atoms with Crippen LogP contribution in [0.4, 0.5) is 0 Å². The Balaban J connectivity index is 1.87. The van der Waals surface area contributed by atoms with E-state index >= 15 is 0 Å². The molecule has 2 rings (SSSR count). The van der Waals surface area contributed by atoms with Crippen LogP contribution in [0.15, 0.2) is 18.5 Å². The van der Waals surface area contributed by atoms with E-state index in [4.69, 9.17) is 0 Å². The van der Waals surface area contributed by atoms with Gasteiger partial charge in [0.1, 0.15) is 0 Å². The SMILES string of the molecule is CCc1cc(CNCc2cnn(C)c2)n(C)n1. The van der Waals surface area contributed by atoms with Crippen LogP contribution < -0.4 is 5.32 Å². The summed E-state index contributed by atoms with van der Waals surface area (Å²) in [5.74, 6) is 0. The Morgan fingerprint density at radius 2 is 2.12 bits per heavy atom. The van der Waals surface area contributed by atoms with E-state index in [0.717, 1.165) is 25.2 Å². The Morgan fingerprint density at radius 3 is 2.71 bits per heavy atom. The van der Waals surface area contributed by atoms with Gasteiger partial charge in [-0.25, -0.2) is 0 Å². The van der Waals surface area contributed by atoms with Crippen molar-refractivity contribution in [3.05, 3.63) is 35.4 Å². The van der Waals surface area contributed by atoms with Crippen LogP contribution in [0.25, 0.3) is 0 Å². The number of rotatable bonds is 5. The topological polar surface area (TPSA) is 47.7 Å². The Kier molecular flexibility index (Phi) is 3.58. The van der Waals surface area contributed by atoms with E-state index in [-0.39, 0.29) is 0 Å². The van der Waals surface area contributed by atoms with Crippen LogP contribution >= 0.6 is 0 Å². The van der Waals surface area contributed by atoms with Gasteiger partial charge in [-0.15, -0.1) is 0 Å². The van der Waals surface area contributed by atoms with Gasteiger partial charge in [-0.3, -0.25) is 9.36 Å². The number of nitrogens with zero attached hydrogens (tertiary/aromatic N) is 4. The van der Waals surface area contributed by atoms with Crippen molar-refractivity contribution in [3.63, 3.8) is 0 Å². The lowest BCUT2D eigenvalue weighted by atomic mass is 10.3. The summed E-state index contributed by atoms with van der Waals surface area (Å²) >= 11 is 0. The van der Waals surface area contributed by atoms with Gasteiger partial charge in [-0.05, 0) is 12.5 Å². The molecular formula is C12H19N5. The minimum absolute atomic E-state index is 0.832. The fraction of sp³-hybridized carbons (Fsp3) is 0.500. The molecule has 0 spiro atoms. The van der Waals surface area contributed by atoms with E-state index < -0.39 is 0 Å². The highest BCUT2D eigenvalue weighted by molar-refractivity contribution is 5.10. The van der Waals surface area contributed by atoms with Crippen LogP contribution in [-0.2, 0) is 33.6 Å². The Labute approximate surface area is 101 Å². The van der Waals surface area contributed by atoms with Gasteiger partial charge >= 0.3 is 0 Å². The van der Waals surface area contributed by atoms with Crippen molar-refractivity contribution < 1.29 is 0 Å². The van der Waals surface area contributed by atoms with E-state index in [1.807, 2.05) is 35.9 Å². The van der Waals surface area contributed by atoms with Crippen LogP contribution in [0.5, 0.6) is 0 Å². The summed E-state index contributed by atoms with van der Waals surface area (Å²) in [6.45, 7) is 3.79. The van der Waals surface area contributed by atoms with Crippen LogP contribution in [0.3, 0.4) is 0 Å². The number of aromatic nitrogens is 4. The Hall–Kier alpha value is -1.62. The van der Waals surface area contributed by atoms with Gasteiger partial charge in [0.25, 0.3) is 0 Å². The summed E-state index contributed by atoms with van der Waals surface area (Å²) in [6, 6.07) is 2.15. The van der Waals surface area contributed by atoms with Crippen molar-refractivity contribution in [3.8, 4) is 0 Å². The van der Waals surface area contributed by atoms with Crippen molar-refractivity contribution in [1.82, 2.24) is 24.9 Å². The molecule has 17 heavy (non-hydrogen) atoms. The average molecular weight is 233 g/mol. The van der Waals surface area contributed by atoms with E-state index in [2.05, 4.69) is 28.5 Å². The molecule has 0 radical (unpaired) electrons. The highest BCUT2D eigenvalue weighted by Gasteiger charge is 2.03. The molecule has 0 aromatic carbocycles. The zero-order chi connectivity index (χ0) is 12.3. The zero-order valence-electron chi connectivity index (χ0n) is 10.6. The van der Waals surface area contributed by atoms with Crippen LogP contribution in [-0.4, -0.2) is 19.6 Å². The molecule has 5 nitrogen and oxygen atoms in total. The summed E-state index contributed by atoms with van der Waals surface area (Å²) in [5.41, 5.74) is 3.56. The first-order valence-electron chi connectivity index (χ1n) is 5.89. The summed E-state index contributed by atoms with van der Waals surface area (Å²) in [5, 5.41) is 12.0. The number of aryl methyl sites for hydroxylation is 3. The van der Waals surface area contributed by atoms with Crippen molar-refractivity contribution in [2.24, 2.45) is 14.1 Å². The Bertz CT molecular complexity index is 483. The lowest BCUT2D eigenvalue weighted by molar-refractivity contribution is 0.623. The normalized spacial score (nSPS) is 11.0. The van der Waals surface area contributed by atoms with Gasteiger partial charge in [0.2, 0.25) is 0 Å². The Morgan fingerprint density at radius 1 is 1.29 bits per heavy atom. The quantitative estimate of drug-likeness (QED) is 0.838. The molecule has 2 aromatic heterocycles. The molecule has 0 saturated heterocycles. The third kappa shape index (κ3) is 2.94. The maximum absolute atomic E-state index is 4.42. The summed E-state index contributed by atoms with van der Waals surface area (Å²) < 4.78 is 3.76. The summed E-state index contributed by atoms with van der Waals surface area (Å²) in [4.78, 5) is 0. The third-order valence-corrected chi connectivity index (χ3v) is 2.78. The van der Waals surface area contributed by atoms with Gasteiger partial charge in [0.15, 0.2) is 0 Å².